The van der Waals surface area contributed by atoms with Crippen molar-refractivity contribution in [2.45, 2.75) is 75.6 Å². The molecule has 6 atom stereocenters. The van der Waals surface area contributed by atoms with Crippen LogP contribution in [-0.4, -0.2) is 74.5 Å². The first-order valence-electron chi connectivity index (χ1n) is 13.4. The van der Waals surface area contributed by atoms with Crippen LogP contribution in [-0.2, 0) is 35.5 Å². The number of nitrogens with zero attached hydrogens (tertiary/aromatic N) is 1. The average Bonchev–Trinajstić information content (AvgIpc) is 3.54. The molecule has 0 radical (unpaired) electrons. The summed E-state index contributed by atoms with van der Waals surface area (Å²) < 4.78 is 44.6. The number of hydrogen-bond acceptors (Lipinski definition) is 8. The molecule has 0 aliphatic carbocycles. The van der Waals surface area contributed by atoms with Gasteiger partial charge in [0.2, 0.25) is 0 Å². The number of aryl methyl sites for hydroxylation is 1. The number of hydrogen-bond donors (Lipinski definition) is 2. The number of benzene rings is 2. The maximum Gasteiger partial charge on any atom is 0.407 e. The molecule has 2 unspecified atom stereocenters. The Morgan fingerprint density at radius 3 is 2.56 bits per heavy atom. The van der Waals surface area contributed by atoms with Crippen LogP contribution in [0.25, 0.3) is 0 Å². The standard InChI is InChI=1S/C28H38N2O8S/c1-4-20(3)38-30(39(33,34)22-12-10-19(2)11-13-22)17-25(31)24(16-21-8-6-5-7-9-21)29-28(32)37-26-18-36-27-23(26)14-15-35-27/h5-13,20,23-27,31H,4,14-18H2,1-3H3,(H,29,32)/t20?,23-,24-,25+,26?,27+/m0/s1. The number of carbonyl (C=O) groups is 1. The molecule has 2 aliphatic rings. The van der Waals surface area contributed by atoms with Gasteiger partial charge >= 0.3 is 6.09 Å². The van der Waals surface area contributed by atoms with Gasteiger partial charge in [0.05, 0.1) is 48.8 Å². The van der Waals surface area contributed by atoms with Crippen molar-refractivity contribution in [1.29, 1.82) is 0 Å². The Balaban J connectivity index is 1.52. The molecule has 0 saturated carbocycles. The molecule has 2 aliphatic heterocycles. The molecule has 11 heteroatoms. The molecule has 2 heterocycles. The molecule has 10 nitrogen and oxygen atoms in total. The number of alkyl carbamates (subject to hydrolysis) is 1. The van der Waals surface area contributed by atoms with Crippen molar-refractivity contribution in [1.82, 2.24) is 9.79 Å². The molecule has 39 heavy (non-hydrogen) atoms. The van der Waals surface area contributed by atoms with E-state index in [0.29, 0.717) is 13.0 Å². The zero-order valence-corrected chi connectivity index (χ0v) is 23.4. The van der Waals surface area contributed by atoms with E-state index in [1.54, 1.807) is 19.1 Å². The maximum absolute atomic E-state index is 13.5. The number of amides is 1. The Kier molecular flexibility index (Phi) is 9.97. The molecule has 214 valence electrons. The van der Waals surface area contributed by atoms with Gasteiger partial charge in [-0.15, -0.1) is 0 Å². The first-order valence-corrected chi connectivity index (χ1v) is 14.8. The molecule has 2 saturated heterocycles. The molecular weight excluding hydrogens is 524 g/mol. The predicted octanol–water partition coefficient (Wildman–Crippen LogP) is 3.18. The van der Waals surface area contributed by atoms with Crippen LogP contribution in [0.4, 0.5) is 4.79 Å². The van der Waals surface area contributed by atoms with Gasteiger partial charge in [-0.2, -0.15) is 0 Å². The predicted molar refractivity (Wildman–Crippen MR) is 143 cm³/mol. The van der Waals surface area contributed by atoms with Crippen LogP contribution in [0.1, 0.15) is 37.8 Å². The Hall–Kier alpha value is -2.54. The highest BCUT2D eigenvalue weighted by Gasteiger charge is 2.44. The zero-order valence-electron chi connectivity index (χ0n) is 22.6. The van der Waals surface area contributed by atoms with Gasteiger partial charge in [-0.3, -0.25) is 4.84 Å². The topological polar surface area (TPSA) is 124 Å². The van der Waals surface area contributed by atoms with Crippen molar-refractivity contribution in [3.05, 3.63) is 65.7 Å². The van der Waals surface area contributed by atoms with E-state index >= 15 is 0 Å². The lowest BCUT2D eigenvalue weighted by Crippen LogP contribution is -2.51. The third-order valence-electron chi connectivity index (χ3n) is 7.11. The van der Waals surface area contributed by atoms with Gasteiger partial charge in [-0.25, -0.2) is 13.2 Å². The number of sulfonamides is 1. The second-order valence-electron chi connectivity index (χ2n) is 10.1. The number of hydroxylamine groups is 1. The van der Waals surface area contributed by atoms with Crippen LogP contribution in [0.15, 0.2) is 59.5 Å². The Morgan fingerprint density at radius 1 is 1.15 bits per heavy atom. The maximum atomic E-state index is 13.5. The van der Waals surface area contributed by atoms with Crippen molar-refractivity contribution in [3.63, 3.8) is 0 Å². The van der Waals surface area contributed by atoms with Crippen molar-refractivity contribution in [3.8, 4) is 0 Å². The van der Waals surface area contributed by atoms with Gasteiger partial charge in [0.15, 0.2) is 6.29 Å². The van der Waals surface area contributed by atoms with E-state index in [2.05, 4.69) is 5.32 Å². The van der Waals surface area contributed by atoms with Crippen molar-refractivity contribution >= 4 is 16.1 Å². The van der Waals surface area contributed by atoms with E-state index in [0.717, 1.165) is 22.0 Å². The molecule has 0 aromatic heterocycles. The fourth-order valence-electron chi connectivity index (χ4n) is 4.60. The summed E-state index contributed by atoms with van der Waals surface area (Å²) in [5, 5.41) is 14.1. The summed E-state index contributed by atoms with van der Waals surface area (Å²) in [5.41, 5.74) is 1.77. The molecule has 2 fully saturated rings. The van der Waals surface area contributed by atoms with Gasteiger partial charge in [0.1, 0.15) is 6.10 Å². The molecular formula is C28H38N2O8S. The van der Waals surface area contributed by atoms with E-state index in [4.69, 9.17) is 19.0 Å². The van der Waals surface area contributed by atoms with E-state index in [-0.39, 0.29) is 30.1 Å². The van der Waals surface area contributed by atoms with E-state index in [9.17, 15) is 18.3 Å². The second-order valence-corrected chi connectivity index (χ2v) is 11.9. The first-order chi connectivity index (χ1) is 18.7. The Bertz CT molecular complexity index is 1180. The third kappa shape index (κ3) is 7.56. The number of rotatable bonds is 12. The average molecular weight is 563 g/mol. The fourth-order valence-corrected chi connectivity index (χ4v) is 5.93. The molecule has 4 rings (SSSR count). The highest BCUT2D eigenvalue weighted by Crippen LogP contribution is 2.33. The Labute approximate surface area is 230 Å². The highest BCUT2D eigenvalue weighted by atomic mass is 32.2. The third-order valence-corrected chi connectivity index (χ3v) is 8.74. The number of ether oxygens (including phenoxy) is 3. The summed E-state index contributed by atoms with van der Waals surface area (Å²) in [7, 11) is -4.10. The first kappa shape index (κ1) is 29.4. The Morgan fingerprint density at radius 2 is 1.87 bits per heavy atom. The quantitative estimate of drug-likeness (QED) is 0.378. The molecule has 2 aromatic rings. The number of nitrogens with one attached hydrogen (secondary N) is 1. The zero-order chi connectivity index (χ0) is 28.0. The summed E-state index contributed by atoms with van der Waals surface area (Å²) in [6, 6.07) is 14.9. The lowest BCUT2D eigenvalue weighted by molar-refractivity contribution is -0.142. The van der Waals surface area contributed by atoms with Crippen molar-refractivity contribution in [2.24, 2.45) is 5.92 Å². The van der Waals surface area contributed by atoms with Crippen LogP contribution in [0.5, 0.6) is 0 Å². The smallest absolute Gasteiger partial charge is 0.407 e. The molecule has 2 N–H and O–H groups in total. The summed E-state index contributed by atoms with van der Waals surface area (Å²) in [6.07, 6.45) is -1.75. The van der Waals surface area contributed by atoms with Gasteiger partial charge < -0.3 is 24.6 Å². The number of fused-ring (bicyclic) bond motifs is 1. The largest absolute Gasteiger partial charge is 0.443 e. The molecule has 0 spiro atoms. The van der Waals surface area contributed by atoms with Gasteiger partial charge in [-0.1, -0.05) is 59.4 Å². The molecule has 1 amide bonds. The SMILES string of the molecule is CCC(C)ON(C[C@@H](O)[C@H](Cc1ccccc1)NC(=O)OC1CO[C@H]2OCC[C@@H]12)S(=O)(=O)c1ccc(C)cc1. The minimum atomic E-state index is -4.10. The van der Waals surface area contributed by atoms with E-state index in [1.807, 2.05) is 44.2 Å². The normalized spacial score (nSPS) is 23.3. The number of aliphatic hydroxyl groups is 1. The molecule has 0 bridgehead atoms. The summed E-state index contributed by atoms with van der Waals surface area (Å²) >= 11 is 0. The van der Waals surface area contributed by atoms with Crippen molar-refractivity contribution < 1.29 is 37.4 Å². The minimum Gasteiger partial charge on any atom is -0.443 e. The van der Waals surface area contributed by atoms with Gasteiger partial charge in [0, 0.05) is 0 Å². The second kappa shape index (κ2) is 13.2. The number of aliphatic hydroxyl groups excluding tert-OH is 1. The van der Waals surface area contributed by atoms with Crippen molar-refractivity contribution in [2.75, 3.05) is 19.8 Å². The van der Waals surface area contributed by atoms with Crippen LogP contribution in [0, 0.1) is 12.8 Å². The summed E-state index contributed by atoms with van der Waals surface area (Å²) in [5.74, 6) is -0.0349. The van der Waals surface area contributed by atoms with Crippen LogP contribution in [0.2, 0.25) is 0 Å². The summed E-state index contributed by atoms with van der Waals surface area (Å²) in [4.78, 5) is 18.8. The lowest BCUT2D eigenvalue weighted by Gasteiger charge is -2.30. The van der Waals surface area contributed by atoms with Crippen LogP contribution in [0.3, 0.4) is 0 Å². The monoisotopic (exact) mass is 562 g/mol. The molecule has 2 aromatic carbocycles. The van der Waals surface area contributed by atoms with Gasteiger partial charge in [0.25, 0.3) is 10.0 Å². The minimum absolute atomic E-state index is 0.0349. The van der Waals surface area contributed by atoms with E-state index in [1.165, 1.54) is 12.1 Å². The number of carbonyl (C=O) groups excluding carboxylic acids is 1. The van der Waals surface area contributed by atoms with Crippen LogP contribution >= 0.6 is 0 Å². The fraction of sp³-hybridized carbons (Fsp3) is 0.536. The summed E-state index contributed by atoms with van der Waals surface area (Å²) in [6.45, 7) is 5.88. The highest BCUT2D eigenvalue weighted by molar-refractivity contribution is 7.89. The van der Waals surface area contributed by atoms with Gasteiger partial charge in [-0.05, 0) is 50.8 Å². The van der Waals surface area contributed by atoms with Crippen LogP contribution < -0.4 is 5.32 Å². The lowest BCUT2D eigenvalue weighted by atomic mass is 10.0. The van der Waals surface area contributed by atoms with E-state index < -0.39 is 47.0 Å².